The molecule has 0 aliphatic heterocycles. The van der Waals surface area contributed by atoms with E-state index < -0.39 is 11.4 Å². The van der Waals surface area contributed by atoms with Gasteiger partial charge >= 0.3 is 23.9 Å². The van der Waals surface area contributed by atoms with Gasteiger partial charge in [-0.1, -0.05) is 130 Å². The summed E-state index contributed by atoms with van der Waals surface area (Å²) in [6, 6.07) is 0. The zero-order valence-corrected chi connectivity index (χ0v) is 33.3. The van der Waals surface area contributed by atoms with Crippen LogP contribution in [0.4, 0.5) is 0 Å². The molecule has 50 heavy (non-hydrogen) atoms. The number of hydrogen-bond donors (Lipinski definition) is 0. The molecule has 0 amide bonds. The highest BCUT2D eigenvalue weighted by molar-refractivity contribution is 5.72. The van der Waals surface area contributed by atoms with Crippen LogP contribution in [-0.2, 0) is 38.1 Å². The number of ether oxygens (including phenoxy) is 4. The Kier molecular flexibility index (Phi) is 31.3. The van der Waals surface area contributed by atoms with Gasteiger partial charge in [-0.3, -0.25) is 19.2 Å². The predicted octanol–water partition coefficient (Wildman–Crippen LogP) is 9.77. The van der Waals surface area contributed by atoms with Crippen molar-refractivity contribution in [2.75, 3.05) is 47.1 Å². The molecule has 0 rings (SSSR count). The van der Waals surface area contributed by atoms with Gasteiger partial charge < -0.3 is 23.8 Å². The van der Waals surface area contributed by atoms with E-state index in [0.717, 1.165) is 135 Å². The maximum absolute atomic E-state index is 13.6. The normalized spacial score (nSPS) is 11.6. The lowest BCUT2D eigenvalue weighted by molar-refractivity contribution is -0.172. The summed E-state index contributed by atoms with van der Waals surface area (Å²) >= 11 is 0. The minimum Gasteiger partial charge on any atom is -0.465 e. The summed E-state index contributed by atoms with van der Waals surface area (Å²) in [6.07, 6.45) is 21.5. The second-order valence-corrected chi connectivity index (χ2v) is 14.7. The minimum atomic E-state index is -1.21. The van der Waals surface area contributed by atoms with Gasteiger partial charge in [-0.05, 0) is 52.7 Å². The molecule has 0 fully saturated rings. The highest BCUT2D eigenvalue weighted by atomic mass is 16.6. The Bertz CT molecular complexity index is 820. The number of nitrogens with zero attached hydrogens (tertiary/aromatic N) is 1. The molecule has 0 aromatic carbocycles. The molecule has 0 saturated heterocycles. The van der Waals surface area contributed by atoms with E-state index in [1.54, 1.807) is 0 Å². The molecule has 9 heteroatoms. The van der Waals surface area contributed by atoms with E-state index in [1.807, 2.05) is 19.0 Å². The quantitative estimate of drug-likeness (QED) is 0.0361. The summed E-state index contributed by atoms with van der Waals surface area (Å²) in [4.78, 5) is 54.2. The molecule has 0 N–H and O–H groups in total. The van der Waals surface area contributed by atoms with E-state index >= 15 is 0 Å². The average molecular weight is 712 g/mol. The van der Waals surface area contributed by atoms with Crippen molar-refractivity contribution in [2.45, 2.75) is 182 Å². The fourth-order valence-electron chi connectivity index (χ4n) is 5.81. The summed E-state index contributed by atoms with van der Waals surface area (Å²) in [7, 11) is 3.89. The number of hydrogen-bond acceptors (Lipinski definition) is 9. The molecular formula is C41H77NO8. The molecule has 0 spiro atoms. The molecule has 0 bridgehead atoms. The molecule has 0 aromatic rings. The van der Waals surface area contributed by atoms with Crippen molar-refractivity contribution in [2.24, 2.45) is 11.3 Å². The van der Waals surface area contributed by atoms with Crippen LogP contribution in [0, 0.1) is 11.3 Å². The van der Waals surface area contributed by atoms with Crippen LogP contribution in [0.5, 0.6) is 0 Å². The van der Waals surface area contributed by atoms with Crippen LogP contribution in [-0.4, -0.2) is 75.8 Å². The molecule has 0 atom stereocenters. The Labute approximate surface area is 306 Å². The molecule has 0 heterocycles. The van der Waals surface area contributed by atoms with Gasteiger partial charge in [0.1, 0.15) is 31.8 Å². The number of esters is 4. The van der Waals surface area contributed by atoms with E-state index in [4.69, 9.17) is 18.9 Å². The van der Waals surface area contributed by atoms with Crippen molar-refractivity contribution < 1.29 is 38.1 Å². The van der Waals surface area contributed by atoms with Gasteiger partial charge in [0, 0.05) is 19.3 Å². The van der Waals surface area contributed by atoms with E-state index in [1.165, 1.54) is 0 Å². The third kappa shape index (κ3) is 27.5. The van der Waals surface area contributed by atoms with Crippen molar-refractivity contribution >= 4 is 23.9 Å². The van der Waals surface area contributed by atoms with Gasteiger partial charge in [0.15, 0.2) is 0 Å². The van der Waals surface area contributed by atoms with Gasteiger partial charge in [-0.25, -0.2) is 0 Å². The minimum absolute atomic E-state index is 0.176. The van der Waals surface area contributed by atoms with E-state index in [9.17, 15) is 19.2 Å². The number of carbonyl (C=O) groups excluding carboxylic acids is 4. The van der Waals surface area contributed by atoms with Gasteiger partial charge in [-0.2, -0.15) is 0 Å². The molecule has 0 unspecified atom stereocenters. The summed E-state index contributed by atoms with van der Waals surface area (Å²) in [5.41, 5.74) is -1.21. The third-order valence-electron chi connectivity index (χ3n) is 9.24. The van der Waals surface area contributed by atoms with Crippen LogP contribution in [0.15, 0.2) is 0 Å². The standard InChI is InChI=1S/C41H77NO8/c1-7-11-15-19-23-28-37(43)47-32-41(34-49-39(45)30-25-31-42(5)6,33-48-38(44)29-24-20-16-12-8-2)35-50-40(46)36(26-21-17-13-9-3)27-22-18-14-10-4/h36H,7-35H2,1-6H3. The van der Waals surface area contributed by atoms with Crippen molar-refractivity contribution in [3.05, 3.63) is 0 Å². The average Bonchev–Trinajstić information content (AvgIpc) is 3.09. The Morgan fingerprint density at radius 3 is 1.18 bits per heavy atom. The van der Waals surface area contributed by atoms with Gasteiger partial charge in [0.25, 0.3) is 0 Å². The molecule has 0 radical (unpaired) electrons. The highest BCUT2D eigenvalue weighted by Crippen LogP contribution is 2.26. The largest absolute Gasteiger partial charge is 0.465 e. The van der Waals surface area contributed by atoms with Crippen LogP contribution in [0.25, 0.3) is 0 Å². The smallest absolute Gasteiger partial charge is 0.308 e. The summed E-state index contributed by atoms with van der Waals surface area (Å²) in [5, 5.41) is 0. The second kappa shape index (κ2) is 32.7. The highest BCUT2D eigenvalue weighted by Gasteiger charge is 2.38. The van der Waals surface area contributed by atoms with E-state index in [-0.39, 0.29) is 69.5 Å². The van der Waals surface area contributed by atoms with Gasteiger partial charge in [0.2, 0.25) is 0 Å². The second-order valence-electron chi connectivity index (χ2n) is 14.7. The monoisotopic (exact) mass is 712 g/mol. The summed E-state index contributed by atoms with van der Waals surface area (Å²) in [6.45, 7) is 8.65. The van der Waals surface area contributed by atoms with Crippen LogP contribution in [0.1, 0.15) is 182 Å². The fraction of sp³-hybridized carbons (Fsp3) is 0.902. The number of unbranched alkanes of at least 4 members (excludes halogenated alkanes) is 14. The van der Waals surface area contributed by atoms with Crippen LogP contribution >= 0.6 is 0 Å². The van der Waals surface area contributed by atoms with Crippen LogP contribution in [0.3, 0.4) is 0 Å². The third-order valence-corrected chi connectivity index (χ3v) is 9.24. The first-order valence-corrected chi connectivity index (χ1v) is 20.4. The predicted molar refractivity (Wildman–Crippen MR) is 202 cm³/mol. The summed E-state index contributed by atoms with van der Waals surface area (Å²) < 4.78 is 23.3. The maximum Gasteiger partial charge on any atom is 0.308 e. The van der Waals surface area contributed by atoms with E-state index in [0.29, 0.717) is 6.42 Å². The lowest BCUT2D eigenvalue weighted by Crippen LogP contribution is -2.44. The molecule has 9 nitrogen and oxygen atoms in total. The molecular weight excluding hydrogens is 634 g/mol. The van der Waals surface area contributed by atoms with Crippen LogP contribution < -0.4 is 0 Å². The van der Waals surface area contributed by atoms with Crippen molar-refractivity contribution in [3.8, 4) is 0 Å². The number of carbonyl (C=O) groups is 4. The molecule has 0 aliphatic carbocycles. The van der Waals surface area contributed by atoms with Crippen molar-refractivity contribution in [1.29, 1.82) is 0 Å². The summed E-state index contributed by atoms with van der Waals surface area (Å²) in [5.74, 6) is -1.63. The number of rotatable bonds is 35. The van der Waals surface area contributed by atoms with Crippen molar-refractivity contribution in [1.82, 2.24) is 4.90 Å². The Morgan fingerprint density at radius 1 is 0.460 bits per heavy atom. The van der Waals surface area contributed by atoms with Gasteiger partial charge in [-0.15, -0.1) is 0 Å². The zero-order valence-electron chi connectivity index (χ0n) is 33.3. The Hall–Kier alpha value is -2.16. The Balaban J connectivity index is 5.95. The fourth-order valence-corrected chi connectivity index (χ4v) is 5.81. The molecule has 0 aliphatic rings. The van der Waals surface area contributed by atoms with Crippen molar-refractivity contribution in [3.63, 3.8) is 0 Å². The topological polar surface area (TPSA) is 108 Å². The maximum atomic E-state index is 13.6. The lowest BCUT2D eigenvalue weighted by atomic mass is 9.91. The zero-order chi connectivity index (χ0) is 37.3. The van der Waals surface area contributed by atoms with Crippen LogP contribution in [0.2, 0.25) is 0 Å². The SMILES string of the molecule is CCCCCCCC(=O)OCC(COC(=O)CCCCCCC)(COC(=O)CCCN(C)C)COC(=O)C(CCCCCC)CCCCCC. The Morgan fingerprint density at radius 2 is 0.800 bits per heavy atom. The molecule has 0 aromatic heterocycles. The first kappa shape index (κ1) is 47.8. The lowest BCUT2D eigenvalue weighted by Gasteiger charge is -2.32. The molecule has 294 valence electrons. The van der Waals surface area contributed by atoms with E-state index in [2.05, 4.69) is 27.7 Å². The van der Waals surface area contributed by atoms with Gasteiger partial charge in [0.05, 0.1) is 5.92 Å². The first-order valence-electron chi connectivity index (χ1n) is 20.4. The molecule has 0 saturated carbocycles. The first-order chi connectivity index (χ1) is 24.1.